The van der Waals surface area contributed by atoms with Crippen molar-refractivity contribution in [1.29, 1.82) is 0 Å². The van der Waals surface area contributed by atoms with Crippen molar-refractivity contribution in [3.8, 4) is 5.75 Å². The minimum absolute atomic E-state index is 0.0284. The summed E-state index contributed by atoms with van der Waals surface area (Å²) in [7, 11) is 3.99. The second-order valence-corrected chi connectivity index (χ2v) is 4.43. The fraction of sp³-hybridized carbons (Fsp3) is 0.462. The zero-order valence-electron chi connectivity index (χ0n) is 10.7. The van der Waals surface area contributed by atoms with Crippen molar-refractivity contribution in [2.24, 2.45) is 0 Å². The maximum absolute atomic E-state index is 11.8. The van der Waals surface area contributed by atoms with Crippen LogP contribution in [0, 0.1) is 6.92 Å². The standard InChI is InChI=1S/C13H20N2O2/c1-10-5-6-12(16)11(9-10)13(17)14-7-4-8-15(2)3/h5-6,9,16H,4,7-8H2,1-3H3,(H,14,17). The predicted molar refractivity (Wildman–Crippen MR) is 68.3 cm³/mol. The van der Waals surface area contributed by atoms with E-state index in [-0.39, 0.29) is 11.7 Å². The van der Waals surface area contributed by atoms with Crippen LogP contribution in [0.5, 0.6) is 5.75 Å². The first-order chi connectivity index (χ1) is 8.00. The number of phenolic OH excluding ortho intramolecular Hbond substituents is 1. The van der Waals surface area contributed by atoms with Crippen molar-refractivity contribution in [3.63, 3.8) is 0 Å². The molecular weight excluding hydrogens is 216 g/mol. The molecule has 4 heteroatoms. The summed E-state index contributed by atoms with van der Waals surface area (Å²) in [6.45, 7) is 3.44. The Morgan fingerprint density at radius 3 is 2.76 bits per heavy atom. The molecular formula is C13H20N2O2. The zero-order valence-corrected chi connectivity index (χ0v) is 10.7. The summed E-state index contributed by atoms with van der Waals surface area (Å²) in [6, 6.07) is 5.01. The van der Waals surface area contributed by atoms with Crippen LogP contribution in [0.1, 0.15) is 22.3 Å². The second kappa shape index (κ2) is 6.25. The van der Waals surface area contributed by atoms with Crippen LogP contribution in [0.25, 0.3) is 0 Å². The van der Waals surface area contributed by atoms with E-state index in [4.69, 9.17) is 0 Å². The van der Waals surface area contributed by atoms with Crippen molar-refractivity contribution in [2.45, 2.75) is 13.3 Å². The predicted octanol–water partition coefficient (Wildman–Crippen LogP) is 1.38. The highest BCUT2D eigenvalue weighted by Gasteiger charge is 2.10. The number of nitrogens with one attached hydrogen (secondary N) is 1. The molecule has 1 aromatic rings. The maximum atomic E-state index is 11.8. The number of rotatable bonds is 5. The third-order valence-electron chi connectivity index (χ3n) is 2.46. The first kappa shape index (κ1) is 13.5. The Morgan fingerprint density at radius 1 is 1.41 bits per heavy atom. The molecule has 4 nitrogen and oxygen atoms in total. The molecule has 0 heterocycles. The lowest BCUT2D eigenvalue weighted by Crippen LogP contribution is -2.27. The van der Waals surface area contributed by atoms with Gasteiger partial charge < -0.3 is 15.3 Å². The lowest BCUT2D eigenvalue weighted by atomic mass is 10.1. The van der Waals surface area contributed by atoms with Gasteiger partial charge in [0.05, 0.1) is 5.56 Å². The first-order valence-electron chi connectivity index (χ1n) is 5.73. The second-order valence-electron chi connectivity index (χ2n) is 4.43. The number of carbonyl (C=O) groups is 1. The Hall–Kier alpha value is -1.55. The molecule has 0 spiro atoms. The molecule has 0 atom stereocenters. The fourth-order valence-electron chi connectivity index (χ4n) is 1.52. The van der Waals surface area contributed by atoms with E-state index in [9.17, 15) is 9.90 Å². The van der Waals surface area contributed by atoms with Gasteiger partial charge in [0, 0.05) is 6.54 Å². The maximum Gasteiger partial charge on any atom is 0.255 e. The topological polar surface area (TPSA) is 52.6 Å². The van der Waals surface area contributed by atoms with E-state index in [1.54, 1.807) is 18.2 Å². The van der Waals surface area contributed by atoms with Gasteiger partial charge in [-0.25, -0.2) is 0 Å². The number of aryl methyl sites for hydroxylation is 1. The van der Waals surface area contributed by atoms with Crippen molar-refractivity contribution < 1.29 is 9.90 Å². The summed E-state index contributed by atoms with van der Waals surface area (Å²) < 4.78 is 0. The summed E-state index contributed by atoms with van der Waals surface area (Å²) >= 11 is 0. The monoisotopic (exact) mass is 236 g/mol. The number of nitrogens with zero attached hydrogens (tertiary/aromatic N) is 1. The Morgan fingerprint density at radius 2 is 2.12 bits per heavy atom. The number of aromatic hydroxyl groups is 1. The highest BCUT2D eigenvalue weighted by molar-refractivity contribution is 5.96. The van der Waals surface area contributed by atoms with Crippen molar-refractivity contribution in [1.82, 2.24) is 10.2 Å². The average Bonchev–Trinajstić information content (AvgIpc) is 2.27. The van der Waals surface area contributed by atoms with Crippen molar-refractivity contribution in [2.75, 3.05) is 27.2 Å². The number of hydrogen-bond acceptors (Lipinski definition) is 3. The zero-order chi connectivity index (χ0) is 12.8. The molecule has 0 fully saturated rings. The summed E-state index contributed by atoms with van der Waals surface area (Å²) in [5.74, 6) is -0.189. The lowest BCUT2D eigenvalue weighted by molar-refractivity contribution is 0.0949. The van der Waals surface area contributed by atoms with Crippen LogP contribution in [0.3, 0.4) is 0 Å². The van der Waals surface area contributed by atoms with Gasteiger partial charge in [-0.05, 0) is 46.1 Å². The highest BCUT2D eigenvalue weighted by atomic mass is 16.3. The molecule has 0 saturated heterocycles. The van der Waals surface area contributed by atoms with Crippen LogP contribution in [0.15, 0.2) is 18.2 Å². The van der Waals surface area contributed by atoms with Gasteiger partial charge in [0.1, 0.15) is 5.75 Å². The molecule has 0 aliphatic rings. The van der Waals surface area contributed by atoms with E-state index in [0.717, 1.165) is 18.5 Å². The molecule has 0 radical (unpaired) electrons. The minimum atomic E-state index is -0.218. The third-order valence-corrected chi connectivity index (χ3v) is 2.46. The molecule has 2 N–H and O–H groups in total. The summed E-state index contributed by atoms with van der Waals surface area (Å²) in [4.78, 5) is 13.8. The number of phenols is 1. The molecule has 1 rings (SSSR count). The Balaban J connectivity index is 2.49. The van der Waals surface area contributed by atoms with Gasteiger partial charge in [-0.3, -0.25) is 4.79 Å². The quantitative estimate of drug-likeness (QED) is 0.759. The van der Waals surface area contributed by atoms with E-state index >= 15 is 0 Å². The van der Waals surface area contributed by atoms with E-state index in [2.05, 4.69) is 10.2 Å². The Labute approximate surface area is 102 Å². The van der Waals surface area contributed by atoms with E-state index in [0.29, 0.717) is 12.1 Å². The molecule has 1 aromatic carbocycles. The Bertz CT molecular complexity index is 389. The molecule has 0 saturated carbocycles. The molecule has 0 bridgehead atoms. The van der Waals surface area contributed by atoms with Gasteiger partial charge in [0.2, 0.25) is 0 Å². The molecule has 1 amide bonds. The van der Waals surface area contributed by atoms with Gasteiger partial charge in [0.25, 0.3) is 5.91 Å². The van der Waals surface area contributed by atoms with Crippen LogP contribution in [-0.2, 0) is 0 Å². The van der Waals surface area contributed by atoms with Gasteiger partial charge in [0.15, 0.2) is 0 Å². The summed E-state index contributed by atoms with van der Waals surface area (Å²) in [5.41, 5.74) is 1.30. The van der Waals surface area contributed by atoms with E-state index < -0.39 is 0 Å². The van der Waals surface area contributed by atoms with Crippen LogP contribution in [0.4, 0.5) is 0 Å². The SMILES string of the molecule is Cc1ccc(O)c(C(=O)NCCCN(C)C)c1. The summed E-state index contributed by atoms with van der Waals surface area (Å²) in [6.07, 6.45) is 0.894. The minimum Gasteiger partial charge on any atom is -0.507 e. The normalized spacial score (nSPS) is 10.6. The average molecular weight is 236 g/mol. The molecule has 17 heavy (non-hydrogen) atoms. The molecule has 0 aliphatic heterocycles. The summed E-state index contributed by atoms with van der Waals surface area (Å²) in [5, 5.41) is 12.4. The lowest BCUT2D eigenvalue weighted by Gasteiger charge is -2.10. The van der Waals surface area contributed by atoms with Crippen LogP contribution >= 0.6 is 0 Å². The first-order valence-corrected chi connectivity index (χ1v) is 5.73. The number of benzene rings is 1. The van der Waals surface area contributed by atoms with Gasteiger partial charge in [-0.15, -0.1) is 0 Å². The molecule has 94 valence electrons. The largest absolute Gasteiger partial charge is 0.507 e. The van der Waals surface area contributed by atoms with Gasteiger partial charge in [-0.2, -0.15) is 0 Å². The highest BCUT2D eigenvalue weighted by Crippen LogP contribution is 2.17. The van der Waals surface area contributed by atoms with Crippen LogP contribution in [0.2, 0.25) is 0 Å². The number of hydrogen-bond donors (Lipinski definition) is 2. The van der Waals surface area contributed by atoms with Crippen molar-refractivity contribution >= 4 is 5.91 Å². The Kier molecular flexibility index (Phi) is 4.97. The van der Waals surface area contributed by atoms with Gasteiger partial charge >= 0.3 is 0 Å². The van der Waals surface area contributed by atoms with Gasteiger partial charge in [-0.1, -0.05) is 11.6 Å². The molecule has 0 aromatic heterocycles. The molecule has 0 aliphatic carbocycles. The number of amides is 1. The fourth-order valence-corrected chi connectivity index (χ4v) is 1.52. The third kappa shape index (κ3) is 4.44. The molecule has 0 unspecified atom stereocenters. The van der Waals surface area contributed by atoms with E-state index in [1.165, 1.54) is 0 Å². The van der Waals surface area contributed by atoms with E-state index in [1.807, 2.05) is 21.0 Å². The number of carbonyl (C=O) groups excluding carboxylic acids is 1. The smallest absolute Gasteiger partial charge is 0.255 e. The van der Waals surface area contributed by atoms with Crippen LogP contribution < -0.4 is 5.32 Å². The van der Waals surface area contributed by atoms with Crippen molar-refractivity contribution in [3.05, 3.63) is 29.3 Å². The van der Waals surface area contributed by atoms with Crippen LogP contribution in [-0.4, -0.2) is 43.1 Å².